The monoisotopic (exact) mass is 460 g/mol. The number of hydrogen-bond donors (Lipinski definition) is 0. The lowest BCUT2D eigenvalue weighted by molar-refractivity contribution is 0.0730. The van der Waals surface area contributed by atoms with Crippen molar-refractivity contribution < 1.29 is 17.6 Å². The van der Waals surface area contributed by atoms with Gasteiger partial charge in [-0.25, -0.2) is 8.42 Å². The molecule has 0 bridgehead atoms. The third-order valence-corrected chi connectivity index (χ3v) is 7.85. The zero-order valence-electron chi connectivity index (χ0n) is 17.2. The molecule has 0 N–H and O–H groups in total. The molecule has 2 aromatic heterocycles. The highest BCUT2D eigenvalue weighted by molar-refractivity contribution is 7.99. The normalized spacial score (nSPS) is 15.3. The lowest BCUT2D eigenvalue weighted by atomic mass is 10.2. The Balaban J connectivity index is 1.70. The van der Waals surface area contributed by atoms with Gasteiger partial charge < -0.3 is 9.15 Å². The Hall–Kier alpha value is -2.40. The molecule has 1 fully saturated rings. The SMILES string of the molecule is C=C(C)CSc1nnc(-c2cccc(S(=O)(=O)N3CCOCC3)c2)n1Cc1ccco1. The van der Waals surface area contributed by atoms with E-state index in [0.29, 0.717) is 50.0 Å². The van der Waals surface area contributed by atoms with Crippen molar-refractivity contribution in [1.82, 2.24) is 19.1 Å². The number of benzene rings is 1. The first-order chi connectivity index (χ1) is 14.9. The zero-order chi connectivity index (χ0) is 21.8. The Labute approximate surface area is 186 Å². The first kappa shape index (κ1) is 21.8. The van der Waals surface area contributed by atoms with Gasteiger partial charge in [0.1, 0.15) is 5.76 Å². The van der Waals surface area contributed by atoms with Crippen molar-refractivity contribution >= 4 is 21.8 Å². The van der Waals surface area contributed by atoms with E-state index < -0.39 is 10.0 Å². The lowest BCUT2D eigenvalue weighted by Gasteiger charge is -2.26. The van der Waals surface area contributed by atoms with E-state index in [1.807, 2.05) is 29.7 Å². The van der Waals surface area contributed by atoms with Gasteiger partial charge in [-0.1, -0.05) is 36.0 Å². The summed E-state index contributed by atoms with van der Waals surface area (Å²) in [5, 5.41) is 9.43. The number of thioether (sulfide) groups is 1. The molecule has 1 aliphatic heterocycles. The van der Waals surface area contributed by atoms with Crippen molar-refractivity contribution in [2.75, 3.05) is 32.1 Å². The quantitative estimate of drug-likeness (QED) is 0.376. The van der Waals surface area contributed by atoms with Gasteiger partial charge in [-0.15, -0.1) is 10.2 Å². The van der Waals surface area contributed by atoms with Gasteiger partial charge in [0, 0.05) is 24.4 Å². The fraction of sp³-hybridized carbons (Fsp3) is 0.333. The average molecular weight is 461 g/mol. The molecule has 1 saturated heterocycles. The summed E-state index contributed by atoms with van der Waals surface area (Å²) in [6.07, 6.45) is 1.62. The van der Waals surface area contributed by atoms with Crippen molar-refractivity contribution in [3.05, 3.63) is 60.6 Å². The van der Waals surface area contributed by atoms with Crippen molar-refractivity contribution in [2.24, 2.45) is 0 Å². The molecular weight excluding hydrogens is 436 g/mol. The summed E-state index contributed by atoms with van der Waals surface area (Å²) in [5.41, 5.74) is 1.70. The first-order valence-corrected chi connectivity index (χ1v) is 12.3. The largest absolute Gasteiger partial charge is 0.467 e. The van der Waals surface area contributed by atoms with Gasteiger partial charge in [0.05, 0.1) is 30.9 Å². The molecule has 0 aliphatic carbocycles. The van der Waals surface area contributed by atoms with Crippen molar-refractivity contribution in [1.29, 1.82) is 0 Å². The topological polar surface area (TPSA) is 90.5 Å². The van der Waals surface area contributed by atoms with Gasteiger partial charge in [-0.05, 0) is 31.2 Å². The third-order valence-electron chi connectivity index (χ3n) is 4.76. The van der Waals surface area contributed by atoms with E-state index in [4.69, 9.17) is 9.15 Å². The van der Waals surface area contributed by atoms with Gasteiger partial charge in [-0.2, -0.15) is 4.31 Å². The van der Waals surface area contributed by atoms with Gasteiger partial charge in [0.15, 0.2) is 11.0 Å². The molecule has 3 heterocycles. The summed E-state index contributed by atoms with van der Waals surface area (Å²) in [4.78, 5) is 0.232. The van der Waals surface area contributed by atoms with Crippen LogP contribution in [0.15, 0.2) is 69.3 Å². The number of aromatic nitrogens is 3. The van der Waals surface area contributed by atoms with E-state index in [1.165, 1.54) is 16.1 Å². The maximum atomic E-state index is 13.1. The molecule has 3 aromatic rings. The number of sulfonamides is 1. The fourth-order valence-electron chi connectivity index (χ4n) is 3.23. The minimum Gasteiger partial charge on any atom is -0.467 e. The van der Waals surface area contributed by atoms with Crippen molar-refractivity contribution in [2.45, 2.75) is 23.5 Å². The standard InChI is InChI=1S/C21H24N4O4S2/c1-16(2)15-30-21-23-22-20(25(21)14-18-6-4-10-29-18)17-5-3-7-19(13-17)31(26,27)24-8-11-28-12-9-24/h3-7,10,13H,1,8-9,11-12,14-15H2,2H3. The summed E-state index contributed by atoms with van der Waals surface area (Å²) >= 11 is 1.53. The Bertz CT molecular complexity index is 1150. The molecule has 1 aliphatic rings. The maximum absolute atomic E-state index is 13.1. The predicted octanol–water partition coefficient (Wildman–Crippen LogP) is 3.28. The highest BCUT2D eigenvalue weighted by atomic mass is 32.2. The third kappa shape index (κ3) is 4.93. The summed E-state index contributed by atoms with van der Waals surface area (Å²) < 4.78 is 40.4. The molecule has 8 nitrogen and oxygen atoms in total. The van der Waals surface area contributed by atoms with Crippen LogP contribution in [0.25, 0.3) is 11.4 Å². The van der Waals surface area contributed by atoms with E-state index >= 15 is 0 Å². The van der Waals surface area contributed by atoms with E-state index in [2.05, 4.69) is 16.8 Å². The van der Waals surface area contributed by atoms with Crippen LogP contribution in [-0.2, 0) is 21.3 Å². The van der Waals surface area contributed by atoms with E-state index in [-0.39, 0.29) is 4.90 Å². The van der Waals surface area contributed by atoms with Crippen LogP contribution in [0.1, 0.15) is 12.7 Å². The van der Waals surface area contributed by atoms with Crippen LogP contribution in [0.2, 0.25) is 0 Å². The minimum absolute atomic E-state index is 0.232. The predicted molar refractivity (Wildman–Crippen MR) is 118 cm³/mol. The molecule has 0 atom stereocenters. The maximum Gasteiger partial charge on any atom is 0.243 e. The van der Waals surface area contributed by atoms with Crippen LogP contribution in [0.4, 0.5) is 0 Å². The van der Waals surface area contributed by atoms with Crippen LogP contribution in [-0.4, -0.2) is 59.5 Å². The lowest BCUT2D eigenvalue weighted by Crippen LogP contribution is -2.40. The smallest absolute Gasteiger partial charge is 0.243 e. The van der Waals surface area contributed by atoms with E-state index in [9.17, 15) is 8.42 Å². The van der Waals surface area contributed by atoms with Crippen molar-refractivity contribution in [3.8, 4) is 11.4 Å². The highest BCUT2D eigenvalue weighted by Crippen LogP contribution is 2.28. The molecule has 0 saturated carbocycles. The fourth-order valence-corrected chi connectivity index (χ4v) is 5.46. The zero-order valence-corrected chi connectivity index (χ0v) is 18.9. The van der Waals surface area contributed by atoms with Crippen molar-refractivity contribution in [3.63, 3.8) is 0 Å². The second kappa shape index (κ2) is 9.39. The molecule has 0 amide bonds. The molecular formula is C21H24N4O4S2. The second-order valence-electron chi connectivity index (χ2n) is 7.26. The molecule has 10 heteroatoms. The Kier molecular flexibility index (Phi) is 6.61. The summed E-state index contributed by atoms with van der Waals surface area (Å²) in [6.45, 7) is 7.85. The van der Waals surface area contributed by atoms with Crippen LogP contribution in [0.3, 0.4) is 0 Å². The van der Waals surface area contributed by atoms with Gasteiger partial charge in [-0.3, -0.25) is 4.57 Å². The molecule has 164 valence electrons. The molecule has 4 rings (SSSR count). The Morgan fingerprint density at radius 1 is 1.19 bits per heavy atom. The molecule has 0 radical (unpaired) electrons. The van der Waals surface area contributed by atoms with Crippen LogP contribution in [0.5, 0.6) is 0 Å². The number of morpholine rings is 1. The number of ether oxygens (including phenoxy) is 1. The minimum atomic E-state index is -3.61. The van der Waals surface area contributed by atoms with Gasteiger partial charge >= 0.3 is 0 Å². The van der Waals surface area contributed by atoms with E-state index in [0.717, 1.165) is 16.5 Å². The molecule has 0 unspecified atom stereocenters. The number of rotatable bonds is 8. The van der Waals surface area contributed by atoms with Crippen LogP contribution in [0, 0.1) is 0 Å². The summed E-state index contributed by atoms with van der Waals surface area (Å²) in [7, 11) is -3.61. The summed E-state index contributed by atoms with van der Waals surface area (Å²) in [5.74, 6) is 2.05. The second-order valence-corrected chi connectivity index (χ2v) is 10.1. The molecule has 31 heavy (non-hydrogen) atoms. The molecule has 0 spiro atoms. The number of furan rings is 1. The van der Waals surface area contributed by atoms with Gasteiger partial charge in [0.2, 0.25) is 10.0 Å². The molecule has 1 aromatic carbocycles. The first-order valence-electron chi connectivity index (χ1n) is 9.86. The number of nitrogens with zero attached hydrogens (tertiary/aromatic N) is 4. The van der Waals surface area contributed by atoms with Gasteiger partial charge in [0.25, 0.3) is 0 Å². The number of hydrogen-bond acceptors (Lipinski definition) is 7. The average Bonchev–Trinajstić information content (AvgIpc) is 3.43. The Morgan fingerprint density at radius 3 is 2.71 bits per heavy atom. The van der Waals surface area contributed by atoms with Crippen LogP contribution < -0.4 is 0 Å². The van der Waals surface area contributed by atoms with Crippen LogP contribution >= 0.6 is 11.8 Å². The summed E-state index contributed by atoms with van der Waals surface area (Å²) in [6, 6.07) is 10.5. The van der Waals surface area contributed by atoms with E-state index in [1.54, 1.807) is 24.5 Å². The highest BCUT2D eigenvalue weighted by Gasteiger charge is 2.27. The Morgan fingerprint density at radius 2 is 2.00 bits per heavy atom.